The Balaban J connectivity index is 1.61. The summed E-state index contributed by atoms with van der Waals surface area (Å²) in [6.07, 6.45) is 6.36. The standard InChI is InChI=1S/C29H39FN4O3/c1-3-4-5-6-10-16-27(35)34-18-17-33(21-22(34)2)28(36)26(19-23-12-8-7-9-13-23)32-29(37)31-25-15-11-14-24(30)20-25/h7-9,11-15,20,22,26H,3-6,10,16-19,21H2,1-2H3,(H2,31,32,37). The average Bonchev–Trinajstić information content (AvgIpc) is 2.88. The molecule has 1 saturated heterocycles. The van der Waals surface area contributed by atoms with Crippen molar-refractivity contribution in [3.63, 3.8) is 0 Å². The molecule has 2 unspecified atom stereocenters. The van der Waals surface area contributed by atoms with Gasteiger partial charge in [0.25, 0.3) is 0 Å². The first-order chi connectivity index (χ1) is 17.9. The maximum atomic E-state index is 13.6. The summed E-state index contributed by atoms with van der Waals surface area (Å²) in [5, 5.41) is 5.39. The highest BCUT2D eigenvalue weighted by molar-refractivity contribution is 5.94. The van der Waals surface area contributed by atoms with Crippen molar-refractivity contribution < 1.29 is 18.8 Å². The lowest BCUT2D eigenvalue weighted by atomic mass is 10.0. The molecule has 1 heterocycles. The highest BCUT2D eigenvalue weighted by Crippen LogP contribution is 2.16. The number of nitrogens with one attached hydrogen (secondary N) is 2. The van der Waals surface area contributed by atoms with Crippen LogP contribution in [0.1, 0.15) is 57.9 Å². The smallest absolute Gasteiger partial charge is 0.319 e. The van der Waals surface area contributed by atoms with E-state index in [1.165, 1.54) is 31.0 Å². The predicted molar refractivity (Wildman–Crippen MR) is 144 cm³/mol. The summed E-state index contributed by atoms with van der Waals surface area (Å²) < 4.78 is 13.5. The lowest BCUT2D eigenvalue weighted by Crippen LogP contribution is -2.59. The molecule has 7 nitrogen and oxygen atoms in total. The Morgan fingerprint density at radius 1 is 1.00 bits per heavy atom. The first-order valence-electron chi connectivity index (χ1n) is 13.3. The molecule has 8 heteroatoms. The van der Waals surface area contributed by atoms with Gasteiger partial charge >= 0.3 is 6.03 Å². The molecule has 3 rings (SSSR count). The van der Waals surface area contributed by atoms with Crippen molar-refractivity contribution in [1.29, 1.82) is 0 Å². The van der Waals surface area contributed by atoms with Crippen LogP contribution >= 0.6 is 0 Å². The molecule has 4 amide bonds. The van der Waals surface area contributed by atoms with E-state index in [1.807, 2.05) is 42.2 Å². The second-order valence-electron chi connectivity index (χ2n) is 9.74. The van der Waals surface area contributed by atoms with Crippen LogP contribution in [0, 0.1) is 5.82 Å². The first kappa shape index (κ1) is 28.2. The third-order valence-electron chi connectivity index (χ3n) is 6.72. The molecule has 1 fully saturated rings. The van der Waals surface area contributed by atoms with Crippen LogP contribution in [0.25, 0.3) is 0 Å². The molecule has 0 aliphatic carbocycles. The van der Waals surface area contributed by atoms with Gasteiger partial charge in [0.2, 0.25) is 11.8 Å². The summed E-state index contributed by atoms with van der Waals surface area (Å²) in [5.74, 6) is -0.515. The molecule has 0 bridgehead atoms. The fourth-order valence-corrected chi connectivity index (χ4v) is 4.71. The Bertz CT molecular complexity index is 1030. The van der Waals surface area contributed by atoms with E-state index in [-0.39, 0.29) is 17.9 Å². The normalized spacial score (nSPS) is 16.2. The molecule has 2 N–H and O–H groups in total. The Labute approximate surface area is 219 Å². The van der Waals surface area contributed by atoms with Crippen molar-refractivity contribution in [2.24, 2.45) is 0 Å². The Kier molecular flexibility index (Phi) is 10.9. The van der Waals surface area contributed by atoms with Crippen molar-refractivity contribution in [2.45, 2.75) is 70.9 Å². The molecule has 1 aliphatic heterocycles. The van der Waals surface area contributed by atoms with Crippen molar-refractivity contribution in [3.8, 4) is 0 Å². The zero-order chi connectivity index (χ0) is 26.6. The predicted octanol–water partition coefficient (Wildman–Crippen LogP) is 4.98. The second-order valence-corrected chi connectivity index (χ2v) is 9.74. The summed E-state index contributed by atoms with van der Waals surface area (Å²) >= 11 is 0. The molecule has 2 atom stereocenters. The topological polar surface area (TPSA) is 81.8 Å². The number of amides is 4. The fourth-order valence-electron chi connectivity index (χ4n) is 4.71. The minimum absolute atomic E-state index is 0.0978. The lowest BCUT2D eigenvalue weighted by Gasteiger charge is -2.41. The van der Waals surface area contributed by atoms with Gasteiger partial charge in [-0.25, -0.2) is 9.18 Å². The van der Waals surface area contributed by atoms with Crippen LogP contribution in [0.2, 0.25) is 0 Å². The van der Waals surface area contributed by atoms with E-state index in [9.17, 15) is 18.8 Å². The number of halogens is 1. The van der Waals surface area contributed by atoms with Gasteiger partial charge in [0.1, 0.15) is 11.9 Å². The lowest BCUT2D eigenvalue weighted by molar-refractivity contribution is -0.143. The molecule has 2 aromatic carbocycles. The van der Waals surface area contributed by atoms with E-state index in [0.29, 0.717) is 38.2 Å². The zero-order valence-corrected chi connectivity index (χ0v) is 21.9. The van der Waals surface area contributed by atoms with Gasteiger partial charge in [-0.1, -0.05) is 69.0 Å². The molecule has 37 heavy (non-hydrogen) atoms. The molecule has 0 radical (unpaired) electrons. The first-order valence-corrected chi connectivity index (χ1v) is 13.3. The van der Waals surface area contributed by atoms with Crippen LogP contribution < -0.4 is 10.6 Å². The number of nitrogens with zero attached hydrogens (tertiary/aromatic N) is 2. The van der Waals surface area contributed by atoms with Crippen molar-refractivity contribution in [3.05, 3.63) is 66.0 Å². The van der Waals surface area contributed by atoms with E-state index >= 15 is 0 Å². The molecule has 0 spiro atoms. The monoisotopic (exact) mass is 510 g/mol. The van der Waals surface area contributed by atoms with Gasteiger partial charge < -0.3 is 20.4 Å². The number of anilines is 1. The van der Waals surface area contributed by atoms with Crippen LogP contribution in [-0.2, 0) is 16.0 Å². The van der Waals surface area contributed by atoms with Gasteiger partial charge in [0.15, 0.2) is 0 Å². The second kappa shape index (κ2) is 14.4. The van der Waals surface area contributed by atoms with Gasteiger partial charge in [-0.05, 0) is 37.1 Å². The highest BCUT2D eigenvalue weighted by Gasteiger charge is 2.33. The fraction of sp³-hybridized carbons (Fsp3) is 0.483. The summed E-state index contributed by atoms with van der Waals surface area (Å²) in [5.41, 5.74) is 1.22. The number of urea groups is 1. The van der Waals surface area contributed by atoms with Crippen LogP contribution in [0.3, 0.4) is 0 Å². The minimum atomic E-state index is -0.802. The van der Waals surface area contributed by atoms with Crippen LogP contribution in [0.15, 0.2) is 54.6 Å². The Morgan fingerprint density at radius 3 is 2.46 bits per heavy atom. The van der Waals surface area contributed by atoms with Crippen LogP contribution in [0.4, 0.5) is 14.9 Å². The van der Waals surface area contributed by atoms with Gasteiger partial charge in [0.05, 0.1) is 0 Å². The van der Waals surface area contributed by atoms with Crippen molar-refractivity contribution in [1.82, 2.24) is 15.1 Å². The van der Waals surface area contributed by atoms with E-state index in [2.05, 4.69) is 17.6 Å². The summed E-state index contributed by atoms with van der Waals surface area (Å²) in [6, 6.07) is 13.6. The highest BCUT2D eigenvalue weighted by atomic mass is 19.1. The Hall–Kier alpha value is -3.42. The molecule has 0 saturated carbocycles. The minimum Gasteiger partial charge on any atom is -0.337 e. The third-order valence-corrected chi connectivity index (χ3v) is 6.72. The van der Waals surface area contributed by atoms with E-state index in [0.717, 1.165) is 24.8 Å². The van der Waals surface area contributed by atoms with Crippen molar-refractivity contribution >= 4 is 23.5 Å². The summed E-state index contributed by atoms with van der Waals surface area (Å²) in [7, 11) is 0. The van der Waals surface area contributed by atoms with E-state index in [1.54, 1.807) is 11.0 Å². The number of carbonyl (C=O) groups excluding carboxylic acids is 3. The van der Waals surface area contributed by atoms with E-state index in [4.69, 9.17) is 0 Å². The molecular weight excluding hydrogens is 471 g/mol. The molecule has 0 aromatic heterocycles. The molecule has 2 aromatic rings. The quantitative estimate of drug-likeness (QED) is 0.419. The summed E-state index contributed by atoms with van der Waals surface area (Å²) in [6.45, 7) is 5.45. The maximum Gasteiger partial charge on any atom is 0.319 e. The van der Waals surface area contributed by atoms with Crippen LogP contribution in [0.5, 0.6) is 0 Å². The van der Waals surface area contributed by atoms with Crippen molar-refractivity contribution in [2.75, 3.05) is 25.0 Å². The van der Waals surface area contributed by atoms with Gasteiger partial charge in [-0.3, -0.25) is 9.59 Å². The van der Waals surface area contributed by atoms with Gasteiger partial charge in [-0.15, -0.1) is 0 Å². The number of piperazine rings is 1. The number of benzene rings is 2. The van der Waals surface area contributed by atoms with E-state index < -0.39 is 17.9 Å². The van der Waals surface area contributed by atoms with Crippen LogP contribution in [-0.4, -0.2) is 59.4 Å². The average molecular weight is 511 g/mol. The largest absolute Gasteiger partial charge is 0.337 e. The third kappa shape index (κ3) is 8.88. The number of unbranched alkanes of at least 4 members (excludes halogenated alkanes) is 4. The number of hydrogen-bond donors (Lipinski definition) is 2. The molecule has 1 aliphatic rings. The SMILES string of the molecule is CCCCCCCC(=O)N1CCN(C(=O)C(Cc2ccccc2)NC(=O)Nc2cccc(F)c2)CC1C. The number of carbonyl (C=O) groups is 3. The summed E-state index contributed by atoms with van der Waals surface area (Å²) in [4.78, 5) is 42.6. The van der Waals surface area contributed by atoms with Gasteiger partial charge in [0, 0.05) is 44.2 Å². The zero-order valence-electron chi connectivity index (χ0n) is 21.9. The molecule has 200 valence electrons. The van der Waals surface area contributed by atoms with Gasteiger partial charge in [-0.2, -0.15) is 0 Å². The Morgan fingerprint density at radius 2 is 1.76 bits per heavy atom. The number of hydrogen-bond acceptors (Lipinski definition) is 3. The number of rotatable bonds is 11. The maximum absolute atomic E-state index is 13.6. The molecular formula is C29H39FN4O3.